The monoisotopic (exact) mass is 740 g/mol. The number of hydrogen-bond donors (Lipinski definition) is 0. The summed E-state index contributed by atoms with van der Waals surface area (Å²) >= 11 is 0. The van der Waals surface area contributed by atoms with Crippen LogP contribution in [0, 0.1) is 0 Å². The molecule has 58 heavy (non-hydrogen) atoms. The van der Waals surface area contributed by atoms with Crippen molar-refractivity contribution < 1.29 is 0 Å². The van der Waals surface area contributed by atoms with Gasteiger partial charge in [-0.05, 0) is 57.7 Å². The van der Waals surface area contributed by atoms with Gasteiger partial charge >= 0.3 is 0 Å². The molecular formula is C54H36N4. The predicted molar refractivity (Wildman–Crippen MR) is 237 cm³/mol. The minimum atomic E-state index is -0.886. The predicted octanol–water partition coefficient (Wildman–Crippen LogP) is 12.3. The Morgan fingerprint density at radius 2 is 0.810 bits per heavy atom. The molecule has 0 atom stereocenters. The molecule has 272 valence electrons. The lowest BCUT2D eigenvalue weighted by atomic mass is 9.53. The molecule has 2 bridgehead atoms. The lowest BCUT2D eigenvalue weighted by molar-refractivity contribution is 0.602. The molecule has 0 amide bonds. The summed E-state index contributed by atoms with van der Waals surface area (Å²) in [5.41, 5.74) is 9.62. The van der Waals surface area contributed by atoms with Gasteiger partial charge in [-0.15, -0.1) is 0 Å². The number of benzene rings is 7. The highest BCUT2D eigenvalue weighted by atomic mass is 15.2. The fourth-order valence-corrected chi connectivity index (χ4v) is 10.3. The topological polar surface area (TPSA) is 35.6 Å². The van der Waals surface area contributed by atoms with Crippen LogP contribution in [-0.2, 0) is 10.8 Å². The van der Waals surface area contributed by atoms with Gasteiger partial charge in [-0.25, -0.2) is 9.97 Å². The van der Waals surface area contributed by atoms with E-state index in [0.29, 0.717) is 5.82 Å². The molecule has 0 radical (unpaired) electrons. The SMILES string of the molecule is C=C1/C=C\C=C/C2(c3nc(-n4c5ccccc5c5ccccc54)cc(-n4c5ccccc5c5ccccc54)n3)c3ccccc3C1(c1ccccc1)c1ccccc12. The standard InChI is InChI=1S/C54H36N4/c1-36-19-17-18-34-53(42-26-9-11-28-44(42)54(36,37-20-3-2-4-21-37)45-29-12-10-27-43(45)53)52-55-50(57-46-30-13-5-22-38(46)39-23-6-14-31-47(39)57)35-51(56-52)58-48-32-15-7-24-40(48)41-25-8-16-33-49(41)58/h2-35H,1H2/b19-17-,34-18-. The lowest BCUT2D eigenvalue weighted by Gasteiger charge is -2.48. The highest BCUT2D eigenvalue weighted by Gasteiger charge is 2.53. The molecule has 3 heterocycles. The fraction of sp³-hybridized carbons (Fsp3) is 0.0370. The second-order valence-electron chi connectivity index (χ2n) is 15.4. The number of nitrogens with zero attached hydrogens (tertiary/aromatic N) is 4. The molecule has 0 N–H and O–H groups in total. The van der Waals surface area contributed by atoms with Crippen molar-refractivity contribution in [2.75, 3.05) is 0 Å². The average molecular weight is 741 g/mol. The first-order valence-electron chi connectivity index (χ1n) is 19.9. The molecule has 7 aromatic carbocycles. The summed E-state index contributed by atoms with van der Waals surface area (Å²) in [6.07, 6.45) is 8.80. The molecule has 2 aliphatic carbocycles. The molecule has 4 nitrogen and oxygen atoms in total. The zero-order chi connectivity index (χ0) is 38.4. The molecule has 0 spiro atoms. The van der Waals surface area contributed by atoms with Crippen molar-refractivity contribution in [3.63, 3.8) is 0 Å². The smallest absolute Gasteiger partial charge is 0.152 e. The van der Waals surface area contributed by atoms with Gasteiger partial charge in [-0.1, -0.05) is 183 Å². The highest BCUT2D eigenvalue weighted by molar-refractivity contribution is 6.10. The first kappa shape index (κ1) is 32.7. The van der Waals surface area contributed by atoms with Crippen molar-refractivity contribution in [1.29, 1.82) is 0 Å². The number of para-hydroxylation sites is 4. The van der Waals surface area contributed by atoms with Crippen molar-refractivity contribution >= 4 is 43.6 Å². The van der Waals surface area contributed by atoms with Gasteiger partial charge in [0.25, 0.3) is 0 Å². The van der Waals surface area contributed by atoms with E-state index in [4.69, 9.17) is 16.5 Å². The van der Waals surface area contributed by atoms with E-state index in [9.17, 15) is 0 Å². The number of rotatable bonds is 4. The van der Waals surface area contributed by atoms with Crippen LogP contribution in [0.5, 0.6) is 0 Å². The molecule has 0 aliphatic heterocycles. The van der Waals surface area contributed by atoms with Gasteiger partial charge in [-0.3, -0.25) is 9.13 Å². The minimum Gasteiger partial charge on any atom is -0.294 e. The van der Waals surface area contributed by atoms with Gasteiger partial charge in [0.2, 0.25) is 0 Å². The summed E-state index contributed by atoms with van der Waals surface area (Å²) in [7, 11) is 0. The van der Waals surface area contributed by atoms with E-state index >= 15 is 0 Å². The molecule has 12 rings (SSSR count). The second-order valence-corrected chi connectivity index (χ2v) is 15.4. The average Bonchev–Trinajstić information content (AvgIpc) is 3.83. The van der Waals surface area contributed by atoms with Crippen LogP contribution in [0.4, 0.5) is 0 Å². The maximum absolute atomic E-state index is 5.79. The molecule has 0 unspecified atom stereocenters. The second kappa shape index (κ2) is 12.2. The maximum Gasteiger partial charge on any atom is 0.152 e. The Labute approximate surface area is 336 Å². The lowest BCUT2D eigenvalue weighted by Crippen LogP contribution is -2.44. The van der Waals surface area contributed by atoms with Crippen LogP contribution in [0.15, 0.2) is 218 Å². The first-order valence-corrected chi connectivity index (χ1v) is 19.9. The third-order valence-electron chi connectivity index (χ3n) is 12.6. The molecule has 2 aliphatic rings. The third kappa shape index (κ3) is 4.24. The maximum atomic E-state index is 5.79. The van der Waals surface area contributed by atoms with E-state index in [1.807, 2.05) is 0 Å². The van der Waals surface area contributed by atoms with Crippen LogP contribution in [0.2, 0.25) is 0 Å². The minimum absolute atomic E-state index is 0.652. The van der Waals surface area contributed by atoms with E-state index in [1.54, 1.807) is 0 Å². The Bertz CT molecular complexity index is 3090. The van der Waals surface area contributed by atoms with E-state index < -0.39 is 10.8 Å². The van der Waals surface area contributed by atoms with Crippen LogP contribution in [0.1, 0.15) is 33.6 Å². The molecule has 0 fully saturated rings. The number of fused-ring (bicyclic) bond motifs is 9. The summed E-state index contributed by atoms with van der Waals surface area (Å²) in [4.78, 5) is 11.6. The highest BCUT2D eigenvalue weighted by Crippen LogP contribution is 2.58. The number of allylic oxidation sites excluding steroid dienone is 5. The normalized spacial score (nSPS) is 19.5. The largest absolute Gasteiger partial charge is 0.294 e. The quantitative estimate of drug-likeness (QED) is 0.180. The number of aromatic nitrogens is 4. The van der Waals surface area contributed by atoms with Crippen molar-refractivity contribution in [2.24, 2.45) is 0 Å². The molecular weight excluding hydrogens is 705 g/mol. The van der Waals surface area contributed by atoms with Gasteiger partial charge < -0.3 is 0 Å². The van der Waals surface area contributed by atoms with Crippen LogP contribution in [-0.4, -0.2) is 19.1 Å². The molecule has 4 heteroatoms. The Balaban J connectivity index is 1.27. The zero-order valence-corrected chi connectivity index (χ0v) is 31.6. The number of hydrogen-bond acceptors (Lipinski definition) is 2. The fourth-order valence-electron chi connectivity index (χ4n) is 10.3. The Morgan fingerprint density at radius 1 is 0.414 bits per heavy atom. The first-order chi connectivity index (χ1) is 28.7. The van der Waals surface area contributed by atoms with Crippen LogP contribution < -0.4 is 0 Å². The van der Waals surface area contributed by atoms with Gasteiger partial charge in [0.05, 0.1) is 32.9 Å². The van der Waals surface area contributed by atoms with Crippen molar-refractivity contribution in [2.45, 2.75) is 10.8 Å². The summed E-state index contributed by atoms with van der Waals surface area (Å²) in [6.45, 7) is 4.83. The van der Waals surface area contributed by atoms with E-state index in [2.05, 4.69) is 215 Å². The summed E-state index contributed by atoms with van der Waals surface area (Å²) in [5.74, 6) is 2.30. The Morgan fingerprint density at radius 3 is 1.28 bits per heavy atom. The van der Waals surface area contributed by atoms with E-state index in [0.717, 1.165) is 50.4 Å². The molecule has 0 saturated carbocycles. The Kier molecular flexibility index (Phi) is 6.88. The summed E-state index contributed by atoms with van der Waals surface area (Å²) in [5, 5.41) is 4.73. The van der Waals surface area contributed by atoms with Crippen LogP contribution >= 0.6 is 0 Å². The van der Waals surface area contributed by atoms with Crippen LogP contribution in [0.25, 0.3) is 55.2 Å². The summed E-state index contributed by atoms with van der Waals surface area (Å²) in [6, 6.07) is 65.3. The van der Waals surface area contributed by atoms with Crippen LogP contribution in [0.3, 0.4) is 0 Å². The zero-order valence-electron chi connectivity index (χ0n) is 31.6. The van der Waals surface area contributed by atoms with Crippen molar-refractivity contribution in [1.82, 2.24) is 19.1 Å². The van der Waals surface area contributed by atoms with Gasteiger partial charge in [0, 0.05) is 27.6 Å². The van der Waals surface area contributed by atoms with E-state index in [1.165, 1.54) is 38.2 Å². The summed E-state index contributed by atoms with van der Waals surface area (Å²) < 4.78 is 4.64. The Hall–Kier alpha value is -7.56. The van der Waals surface area contributed by atoms with Crippen molar-refractivity contribution in [3.05, 3.63) is 252 Å². The molecule has 3 aromatic heterocycles. The third-order valence-corrected chi connectivity index (χ3v) is 12.6. The molecule has 10 aromatic rings. The molecule has 0 saturated heterocycles. The van der Waals surface area contributed by atoms with Gasteiger partial charge in [-0.2, -0.15) is 0 Å². The van der Waals surface area contributed by atoms with Gasteiger partial charge in [0.15, 0.2) is 5.82 Å². The van der Waals surface area contributed by atoms with Crippen molar-refractivity contribution in [3.8, 4) is 11.6 Å². The van der Waals surface area contributed by atoms with E-state index in [-0.39, 0.29) is 0 Å². The van der Waals surface area contributed by atoms with Gasteiger partial charge in [0.1, 0.15) is 11.6 Å².